The lowest BCUT2D eigenvalue weighted by atomic mass is 10.0. The van der Waals surface area contributed by atoms with Gasteiger partial charge in [-0.05, 0) is 37.5 Å². The SMILES string of the molecule is CCOC(=O)Cc1cc([C@@H]2CCCO2)cc(F)c1OC. The normalized spacial score (nSPS) is 18.1. The molecule has 0 unspecified atom stereocenters. The van der Waals surface area contributed by atoms with Gasteiger partial charge in [-0.1, -0.05) is 0 Å². The highest BCUT2D eigenvalue weighted by Crippen LogP contribution is 2.33. The molecule has 0 radical (unpaired) electrons. The van der Waals surface area contributed by atoms with Crippen LogP contribution in [0.2, 0.25) is 0 Å². The molecule has 110 valence electrons. The second kappa shape index (κ2) is 6.70. The summed E-state index contributed by atoms with van der Waals surface area (Å²) < 4.78 is 29.6. The summed E-state index contributed by atoms with van der Waals surface area (Å²) in [6.45, 7) is 2.72. The van der Waals surface area contributed by atoms with Crippen molar-refractivity contribution in [2.75, 3.05) is 20.3 Å². The number of benzene rings is 1. The number of carbonyl (C=O) groups is 1. The lowest BCUT2D eigenvalue weighted by molar-refractivity contribution is -0.142. The second-order valence-corrected chi connectivity index (χ2v) is 4.68. The molecule has 1 aromatic rings. The number of ether oxygens (including phenoxy) is 3. The van der Waals surface area contributed by atoms with Gasteiger partial charge in [-0.15, -0.1) is 0 Å². The Bertz CT molecular complexity index is 481. The molecule has 1 fully saturated rings. The first-order chi connectivity index (χ1) is 9.65. The predicted molar refractivity (Wildman–Crippen MR) is 71.2 cm³/mol. The summed E-state index contributed by atoms with van der Waals surface area (Å²) >= 11 is 0. The van der Waals surface area contributed by atoms with Crippen LogP contribution in [0.25, 0.3) is 0 Å². The van der Waals surface area contributed by atoms with Gasteiger partial charge in [0.1, 0.15) is 0 Å². The standard InChI is InChI=1S/C15H19FO4/c1-3-19-14(17)9-11-7-10(13-5-4-6-20-13)8-12(16)15(11)18-2/h7-8,13H,3-6,9H2,1-2H3/t13-/m0/s1. The van der Waals surface area contributed by atoms with Crippen molar-refractivity contribution < 1.29 is 23.4 Å². The Morgan fingerprint density at radius 2 is 2.30 bits per heavy atom. The summed E-state index contributed by atoms with van der Waals surface area (Å²) in [5.41, 5.74) is 1.25. The maximum absolute atomic E-state index is 14.1. The van der Waals surface area contributed by atoms with E-state index >= 15 is 0 Å². The number of rotatable bonds is 5. The molecule has 1 aromatic carbocycles. The fraction of sp³-hybridized carbons (Fsp3) is 0.533. The van der Waals surface area contributed by atoms with Gasteiger partial charge in [-0.25, -0.2) is 4.39 Å². The fourth-order valence-electron chi connectivity index (χ4n) is 2.43. The van der Waals surface area contributed by atoms with Gasteiger partial charge in [0.25, 0.3) is 0 Å². The van der Waals surface area contributed by atoms with Crippen molar-refractivity contribution in [3.05, 3.63) is 29.1 Å². The molecule has 1 aliphatic heterocycles. The fourth-order valence-corrected chi connectivity index (χ4v) is 2.43. The van der Waals surface area contributed by atoms with Gasteiger partial charge in [0, 0.05) is 12.2 Å². The first-order valence-corrected chi connectivity index (χ1v) is 6.79. The predicted octanol–water partition coefficient (Wildman–Crippen LogP) is 2.79. The first-order valence-electron chi connectivity index (χ1n) is 6.79. The Hall–Kier alpha value is -1.62. The van der Waals surface area contributed by atoms with E-state index in [-0.39, 0.29) is 18.3 Å². The van der Waals surface area contributed by atoms with Gasteiger partial charge < -0.3 is 14.2 Å². The Morgan fingerprint density at radius 3 is 2.90 bits per heavy atom. The van der Waals surface area contributed by atoms with Crippen molar-refractivity contribution >= 4 is 5.97 Å². The molecule has 4 nitrogen and oxygen atoms in total. The van der Waals surface area contributed by atoms with Crippen LogP contribution in [0.3, 0.4) is 0 Å². The van der Waals surface area contributed by atoms with E-state index in [4.69, 9.17) is 14.2 Å². The van der Waals surface area contributed by atoms with E-state index in [0.717, 1.165) is 18.4 Å². The molecule has 0 aliphatic carbocycles. The van der Waals surface area contributed by atoms with E-state index < -0.39 is 11.8 Å². The minimum atomic E-state index is -0.472. The molecule has 0 spiro atoms. The van der Waals surface area contributed by atoms with Crippen molar-refractivity contribution in [3.8, 4) is 5.75 Å². The molecule has 0 N–H and O–H groups in total. The van der Waals surface area contributed by atoms with Gasteiger partial charge >= 0.3 is 5.97 Å². The van der Waals surface area contributed by atoms with E-state index in [1.54, 1.807) is 13.0 Å². The molecular weight excluding hydrogens is 263 g/mol. The summed E-state index contributed by atoms with van der Waals surface area (Å²) in [5.74, 6) is -0.769. The Morgan fingerprint density at radius 1 is 1.50 bits per heavy atom. The third-order valence-electron chi connectivity index (χ3n) is 3.29. The number of hydrogen-bond donors (Lipinski definition) is 0. The van der Waals surface area contributed by atoms with Crippen molar-refractivity contribution in [2.24, 2.45) is 0 Å². The van der Waals surface area contributed by atoms with Gasteiger partial charge in [0.2, 0.25) is 0 Å². The number of esters is 1. The molecule has 5 heteroatoms. The van der Waals surface area contributed by atoms with E-state index in [2.05, 4.69) is 0 Å². The highest BCUT2D eigenvalue weighted by molar-refractivity contribution is 5.73. The van der Waals surface area contributed by atoms with Crippen LogP contribution in [0.4, 0.5) is 4.39 Å². The zero-order valence-corrected chi connectivity index (χ0v) is 11.8. The molecule has 0 saturated carbocycles. The molecule has 2 rings (SSSR count). The molecule has 1 heterocycles. The molecule has 1 saturated heterocycles. The summed E-state index contributed by atoms with van der Waals surface area (Å²) in [5, 5.41) is 0. The molecule has 20 heavy (non-hydrogen) atoms. The number of carbonyl (C=O) groups excluding carboxylic acids is 1. The maximum atomic E-state index is 14.1. The number of halogens is 1. The zero-order valence-electron chi connectivity index (χ0n) is 11.8. The molecule has 0 aromatic heterocycles. The first kappa shape index (κ1) is 14.8. The summed E-state index contributed by atoms with van der Waals surface area (Å²) in [7, 11) is 1.39. The van der Waals surface area contributed by atoms with Crippen LogP contribution in [0, 0.1) is 5.82 Å². The molecular formula is C15H19FO4. The average Bonchev–Trinajstić information content (AvgIpc) is 2.92. The van der Waals surface area contributed by atoms with Crippen LogP contribution in [0.15, 0.2) is 12.1 Å². The van der Waals surface area contributed by atoms with E-state index in [1.807, 2.05) is 0 Å². The largest absolute Gasteiger partial charge is 0.493 e. The minimum absolute atomic E-state index is 0.00546. The smallest absolute Gasteiger partial charge is 0.310 e. The van der Waals surface area contributed by atoms with E-state index in [0.29, 0.717) is 18.8 Å². The topological polar surface area (TPSA) is 44.8 Å². The minimum Gasteiger partial charge on any atom is -0.493 e. The Labute approximate surface area is 117 Å². The molecule has 1 atom stereocenters. The molecule has 1 aliphatic rings. The summed E-state index contributed by atoms with van der Waals surface area (Å²) in [4.78, 5) is 11.6. The highest BCUT2D eigenvalue weighted by atomic mass is 19.1. The second-order valence-electron chi connectivity index (χ2n) is 4.68. The van der Waals surface area contributed by atoms with Crippen molar-refractivity contribution in [2.45, 2.75) is 32.3 Å². The van der Waals surface area contributed by atoms with Gasteiger partial charge in [0.05, 0.1) is 26.2 Å². The van der Waals surface area contributed by atoms with Crippen LogP contribution in [0.5, 0.6) is 5.75 Å². The lowest BCUT2D eigenvalue weighted by Gasteiger charge is -2.15. The van der Waals surface area contributed by atoms with Crippen LogP contribution in [0.1, 0.15) is 37.0 Å². The number of hydrogen-bond acceptors (Lipinski definition) is 4. The quantitative estimate of drug-likeness (QED) is 0.779. The van der Waals surface area contributed by atoms with Crippen LogP contribution in [-0.2, 0) is 20.7 Å². The van der Waals surface area contributed by atoms with Gasteiger partial charge in [-0.2, -0.15) is 0 Å². The molecule has 0 bridgehead atoms. The number of methoxy groups -OCH3 is 1. The maximum Gasteiger partial charge on any atom is 0.310 e. The zero-order chi connectivity index (χ0) is 14.5. The van der Waals surface area contributed by atoms with Crippen molar-refractivity contribution in [3.63, 3.8) is 0 Å². The van der Waals surface area contributed by atoms with E-state index in [1.165, 1.54) is 13.2 Å². The average molecular weight is 282 g/mol. The highest BCUT2D eigenvalue weighted by Gasteiger charge is 2.22. The third-order valence-corrected chi connectivity index (χ3v) is 3.29. The van der Waals surface area contributed by atoms with Crippen LogP contribution < -0.4 is 4.74 Å². The van der Waals surface area contributed by atoms with Gasteiger partial charge in [-0.3, -0.25) is 4.79 Å². The summed E-state index contributed by atoms with van der Waals surface area (Å²) in [6.07, 6.45) is 1.72. The van der Waals surface area contributed by atoms with E-state index in [9.17, 15) is 9.18 Å². The van der Waals surface area contributed by atoms with Crippen molar-refractivity contribution in [1.82, 2.24) is 0 Å². The Balaban J connectivity index is 2.28. The van der Waals surface area contributed by atoms with Crippen LogP contribution >= 0.6 is 0 Å². The third kappa shape index (κ3) is 3.28. The van der Waals surface area contributed by atoms with Gasteiger partial charge in [0.15, 0.2) is 11.6 Å². The lowest BCUT2D eigenvalue weighted by Crippen LogP contribution is -2.10. The Kier molecular flexibility index (Phi) is 4.95. The summed E-state index contributed by atoms with van der Waals surface area (Å²) in [6, 6.07) is 3.19. The van der Waals surface area contributed by atoms with Crippen LogP contribution in [-0.4, -0.2) is 26.3 Å². The molecule has 0 amide bonds. The monoisotopic (exact) mass is 282 g/mol. The van der Waals surface area contributed by atoms with Crippen molar-refractivity contribution in [1.29, 1.82) is 0 Å².